The van der Waals surface area contributed by atoms with Gasteiger partial charge in [-0.15, -0.1) is 0 Å². The number of nitrogens with one attached hydrogen (secondary N) is 3. The zero-order valence-electron chi connectivity index (χ0n) is 19.4. The van der Waals surface area contributed by atoms with Crippen molar-refractivity contribution in [3.8, 4) is 5.75 Å². The van der Waals surface area contributed by atoms with Gasteiger partial charge in [-0.2, -0.15) is 4.31 Å². The Bertz CT molecular complexity index is 1360. The lowest BCUT2D eigenvalue weighted by Gasteiger charge is -2.27. The maximum atomic E-state index is 12.8. The number of hydrogen-bond donors (Lipinski definition) is 3. The predicted octanol–water partition coefficient (Wildman–Crippen LogP) is 3.67. The Morgan fingerprint density at radius 3 is 2.36 bits per heavy atom. The Balaban J connectivity index is 1.24. The summed E-state index contributed by atoms with van der Waals surface area (Å²) in [5.74, 6) is 0.772. The first-order valence-electron chi connectivity index (χ1n) is 11.5. The van der Waals surface area contributed by atoms with Crippen LogP contribution in [0.1, 0.15) is 17.2 Å². The predicted molar refractivity (Wildman–Crippen MR) is 143 cm³/mol. The smallest absolute Gasteiger partial charge is 0.243 e. The van der Waals surface area contributed by atoms with Gasteiger partial charge in [0.1, 0.15) is 11.9 Å². The lowest BCUT2D eigenvalue weighted by atomic mass is 10.0. The number of hydrazine groups is 1. The zero-order valence-corrected chi connectivity index (χ0v) is 21.0. The summed E-state index contributed by atoms with van der Waals surface area (Å²) in [6.45, 7) is 1.53. The van der Waals surface area contributed by atoms with Gasteiger partial charge < -0.3 is 14.8 Å². The normalized spacial score (nSPS) is 17.8. The zero-order chi connectivity index (χ0) is 25.0. The molecule has 2 aliphatic heterocycles. The van der Waals surface area contributed by atoms with Crippen molar-refractivity contribution >= 4 is 38.7 Å². The summed E-state index contributed by atoms with van der Waals surface area (Å²) < 4.78 is 38.5. The standard InChI is InChI=1S/C26H26N4O4S2/c31-36(32,30-14-16-33-17-15-30)21-12-10-20(11-13-21)27-26(35)29-28-23-18-25(19-6-2-1-3-7-19)34-24-9-5-4-8-22(23)24/h1-13,18,25,28H,14-17H2,(H2,27,29,35)/t25-/m0/s1. The van der Waals surface area contributed by atoms with Crippen LogP contribution in [-0.4, -0.2) is 44.1 Å². The number of morpholine rings is 1. The van der Waals surface area contributed by atoms with Crippen LogP contribution in [0, 0.1) is 0 Å². The van der Waals surface area contributed by atoms with Gasteiger partial charge in [0.05, 0.1) is 23.8 Å². The second-order valence-electron chi connectivity index (χ2n) is 8.27. The SMILES string of the molecule is O=S(=O)(c1ccc(NC(=S)NNC2=C[C@@H](c3ccccc3)Oc3ccccc32)cc1)N1CCOCC1. The highest BCUT2D eigenvalue weighted by Gasteiger charge is 2.26. The Hall–Kier alpha value is -3.44. The molecule has 1 atom stereocenters. The van der Waals surface area contributed by atoms with Gasteiger partial charge in [0.2, 0.25) is 10.0 Å². The number of fused-ring (bicyclic) bond motifs is 1. The van der Waals surface area contributed by atoms with Gasteiger partial charge in [0.25, 0.3) is 0 Å². The minimum absolute atomic E-state index is 0.239. The van der Waals surface area contributed by atoms with Gasteiger partial charge in [-0.25, -0.2) is 8.42 Å². The fourth-order valence-corrected chi connectivity index (χ4v) is 5.63. The largest absolute Gasteiger partial charge is 0.481 e. The lowest BCUT2D eigenvalue weighted by molar-refractivity contribution is 0.0730. The van der Waals surface area contributed by atoms with Crippen LogP contribution in [0.4, 0.5) is 5.69 Å². The van der Waals surface area contributed by atoms with Crippen molar-refractivity contribution in [3.63, 3.8) is 0 Å². The van der Waals surface area contributed by atoms with Crippen LogP contribution in [0.25, 0.3) is 5.70 Å². The molecule has 1 fully saturated rings. The van der Waals surface area contributed by atoms with E-state index in [2.05, 4.69) is 16.2 Å². The van der Waals surface area contributed by atoms with Crippen molar-refractivity contribution in [1.82, 2.24) is 15.2 Å². The van der Waals surface area contributed by atoms with Crippen molar-refractivity contribution in [3.05, 3.63) is 96.1 Å². The van der Waals surface area contributed by atoms with Gasteiger partial charge in [-0.3, -0.25) is 10.9 Å². The van der Waals surface area contributed by atoms with E-state index in [0.29, 0.717) is 37.1 Å². The summed E-state index contributed by atoms with van der Waals surface area (Å²) in [6, 6.07) is 24.3. The van der Waals surface area contributed by atoms with Gasteiger partial charge in [-0.1, -0.05) is 42.5 Å². The highest BCUT2D eigenvalue weighted by atomic mass is 32.2. The molecule has 3 aromatic carbocycles. The quantitative estimate of drug-likeness (QED) is 0.334. The maximum absolute atomic E-state index is 12.8. The number of rotatable bonds is 6. The average Bonchev–Trinajstić information content (AvgIpc) is 2.93. The third-order valence-electron chi connectivity index (χ3n) is 5.91. The van der Waals surface area contributed by atoms with E-state index in [1.54, 1.807) is 24.3 Å². The molecule has 8 nitrogen and oxygen atoms in total. The van der Waals surface area contributed by atoms with Crippen LogP contribution in [0.15, 0.2) is 89.8 Å². The summed E-state index contributed by atoms with van der Waals surface area (Å²) in [5.41, 5.74) is 9.66. The average molecular weight is 523 g/mol. The molecule has 0 unspecified atom stereocenters. The number of benzene rings is 3. The maximum Gasteiger partial charge on any atom is 0.243 e. The Kier molecular flexibility index (Phi) is 7.19. The second-order valence-corrected chi connectivity index (χ2v) is 10.6. The molecule has 186 valence electrons. The molecular weight excluding hydrogens is 496 g/mol. The van der Waals surface area contributed by atoms with Crippen LogP contribution in [0.2, 0.25) is 0 Å². The molecule has 36 heavy (non-hydrogen) atoms. The van der Waals surface area contributed by atoms with Crippen LogP contribution in [-0.2, 0) is 14.8 Å². The van der Waals surface area contributed by atoms with E-state index >= 15 is 0 Å². The first-order chi connectivity index (χ1) is 17.5. The molecular formula is C26H26N4O4S2. The molecule has 5 rings (SSSR count). The molecule has 3 N–H and O–H groups in total. The highest BCUT2D eigenvalue weighted by Crippen LogP contribution is 2.35. The molecule has 1 saturated heterocycles. The van der Waals surface area contributed by atoms with E-state index in [1.807, 2.05) is 60.7 Å². The van der Waals surface area contributed by atoms with Gasteiger partial charge >= 0.3 is 0 Å². The fraction of sp³-hybridized carbons (Fsp3) is 0.192. The third kappa shape index (κ3) is 5.36. The van der Waals surface area contributed by atoms with E-state index < -0.39 is 10.0 Å². The van der Waals surface area contributed by atoms with Crippen LogP contribution < -0.4 is 20.9 Å². The molecule has 10 heteroatoms. The molecule has 2 heterocycles. The van der Waals surface area contributed by atoms with Crippen molar-refractivity contribution in [2.24, 2.45) is 0 Å². The van der Waals surface area contributed by atoms with E-state index in [-0.39, 0.29) is 11.0 Å². The molecule has 0 amide bonds. The van der Waals surface area contributed by atoms with E-state index in [0.717, 1.165) is 22.6 Å². The molecule has 0 bridgehead atoms. The fourth-order valence-electron chi connectivity index (χ4n) is 4.05. The molecule has 0 aromatic heterocycles. The summed E-state index contributed by atoms with van der Waals surface area (Å²) in [5, 5.41) is 3.41. The summed E-state index contributed by atoms with van der Waals surface area (Å²) >= 11 is 5.45. The molecule has 0 saturated carbocycles. The van der Waals surface area contributed by atoms with Crippen molar-refractivity contribution < 1.29 is 17.9 Å². The highest BCUT2D eigenvalue weighted by molar-refractivity contribution is 7.89. The molecule has 0 spiro atoms. The number of thiocarbonyl (C=S) groups is 1. The first kappa shape index (κ1) is 24.3. The van der Waals surface area contributed by atoms with E-state index in [4.69, 9.17) is 21.7 Å². The number of hydrogen-bond acceptors (Lipinski definition) is 6. The van der Waals surface area contributed by atoms with Crippen LogP contribution >= 0.6 is 12.2 Å². The van der Waals surface area contributed by atoms with E-state index in [9.17, 15) is 8.42 Å². The van der Waals surface area contributed by atoms with Gasteiger partial charge in [0, 0.05) is 24.3 Å². The van der Waals surface area contributed by atoms with Crippen molar-refractivity contribution in [2.45, 2.75) is 11.0 Å². The van der Waals surface area contributed by atoms with Crippen LogP contribution in [0.5, 0.6) is 5.75 Å². The molecule has 0 radical (unpaired) electrons. The topological polar surface area (TPSA) is 91.9 Å². The first-order valence-corrected chi connectivity index (χ1v) is 13.4. The van der Waals surface area contributed by atoms with Crippen LogP contribution in [0.3, 0.4) is 0 Å². The lowest BCUT2D eigenvalue weighted by Crippen LogP contribution is -2.40. The van der Waals surface area contributed by atoms with E-state index in [1.165, 1.54) is 4.31 Å². The summed E-state index contributed by atoms with van der Waals surface area (Å²) in [6.07, 6.45) is 1.76. The van der Waals surface area contributed by atoms with Crippen molar-refractivity contribution in [2.75, 3.05) is 31.6 Å². The molecule has 3 aromatic rings. The summed E-state index contributed by atoms with van der Waals surface area (Å²) in [7, 11) is -3.54. The Morgan fingerprint density at radius 2 is 1.61 bits per heavy atom. The number of anilines is 1. The third-order valence-corrected chi connectivity index (χ3v) is 8.03. The monoisotopic (exact) mass is 522 g/mol. The number of nitrogens with zero attached hydrogens (tertiary/aromatic N) is 1. The van der Waals surface area contributed by atoms with Gasteiger partial charge in [-0.05, 0) is 60.3 Å². The van der Waals surface area contributed by atoms with Gasteiger partial charge in [0.15, 0.2) is 5.11 Å². The Morgan fingerprint density at radius 1 is 0.917 bits per heavy atom. The summed E-state index contributed by atoms with van der Waals surface area (Å²) in [4.78, 5) is 0.239. The van der Waals surface area contributed by atoms with Crippen molar-refractivity contribution in [1.29, 1.82) is 0 Å². The number of para-hydroxylation sites is 1. The second kappa shape index (κ2) is 10.7. The molecule has 2 aliphatic rings. The minimum atomic E-state index is -3.54. The Labute approximate surface area is 215 Å². The number of sulfonamides is 1. The minimum Gasteiger partial charge on any atom is -0.481 e. The molecule has 0 aliphatic carbocycles. The number of ether oxygens (including phenoxy) is 2.